The van der Waals surface area contributed by atoms with E-state index in [0.717, 1.165) is 31.7 Å². The number of hydrogen-bond donors (Lipinski definition) is 1. The van der Waals surface area contributed by atoms with Gasteiger partial charge in [-0.05, 0) is 51.0 Å². The fraction of sp³-hybridized carbons (Fsp3) is 0.588. The molecule has 1 aliphatic rings. The highest BCUT2D eigenvalue weighted by atomic mass is 16.5. The lowest BCUT2D eigenvalue weighted by atomic mass is 10.0. The minimum absolute atomic E-state index is 0.610. The molecule has 3 rings (SSSR count). The van der Waals surface area contributed by atoms with E-state index in [4.69, 9.17) is 4.52 Å². The first kappa shape index (κ1) is 16.1. The molecule has 124 valence electrons. The van der Waals surface area contributed by atoms with Crippen molar-refractivity contribution in [3.8, 4) is 11.4 Å². The first-order valence-corrected chi connectivity index (χ1v) is 8.54. The molecule has 1 N–H and O–H groups in total. The molecule has 0 unspecified atom stereocenters. The van der Waals surface area contributed by atoms with Gasteiger partial charge in [-0.25, -0.2) is 0 Å². The molecule has 6 nitrogen and oxygen atoms in total. The molecule has 2 aromatic rings. The SMILES string of the molecule is CCCCN(Cc1nc(-c2ccncc2)no1)C1CCNCC1. The van der Waals surface area contributed by atoms with Crippen molar-refractivity contribution in [3.05, 3.63) is 30.4 Å². The minimum Gasteiger partial charge on any atom is -0.338 e. The Bertz CT molecular complexity index is 580. The third-order valence-corrected chi connectivity index (χ3v) is 4.37. The maximum Gasteiger partial charge on any atom is 0.241 e. The molecule has 1 fully saturated rings. The van der Waals surface area contributed by atoms with Crippen molar-refractivity contribution >= 4 is 0 Å². The molecule has 0 aromatic carbocycles. The summed E-state index contributed by atoms with van der Waals surface area (Å²) >= 11 is 0. The number of aromatic nitrogens is 3. The van der Waals surface area contributed by atoms with Crippen molar-refractivity contribution in [1.82, 2.24) is 25.3 Å². The minimum atomic E-state index is 0.610. The molecule has 2 aromatic heterocycles. The molecule has 23 heavy (non-hydrogen) atoms. The number of hydrogen-bond acceptors (Lipinski definition) is 6. The van der Waals surface area contributed by atoms with Crippen LogP contribution >= 0.6 is 0 Å². The normalized spacial score (nSPS) is 16.1. The lowest BCUT2D eigenvalue weighted by Crippen LogP contribution is -2.43. The molecule has 6 heteroatoms. The Labute approximate surface area is 137 Å². The van der Waals surface area contributed by atoms with Gasteiger partial charge in [0.25, 0.3) is 0 Å². The van der Waals surface area contributed by atoms with Gasteiger partial charge in [0.2, 0.25) is 11.7 Å². The van der Waals surface area contributed by atoms with Crippen LogP contribution in [-0.2, 0) is 6.54 Å². The first-order valence-electron chi connectivity index (χ1n) is 8.54. The summed E-state index contributed by atoms with van der Waals surface area (Å²) in [5, 5.41) is 7.54. The third-order valence-electron chi connectivity index (χ3n) is 4.37. The zero-order valence-electron chi connectivity index (χ0n) is 13.7. The first-order chi connectivity index (χ1) is 11.4. The van der Waals surface area contributed by atoms with Crippen LogP contribution < -0.4 is 5.32 Å². The lowest BCUT2D eigenvalue weighted by Gasteiger charge is -2.33. The van der Waals surface area contributed by atoms with E-state index in [1.807, 2.05) is 12.1 Å². The Hall–Kier alpha value is -1.79. The lowest BCUT2D eigenvalue weighted by molar-refractivity contribution is 0.135. The van der Waals surface area contributed by atoms with Crippen LogP contribution in [0.4, 0.5) is 0 Å². The maximum atomic E-state index is 5.48. The van der Waals surface area contributed by atoms with E-state index in [0.29, 0.717) is 17.8 Å². The number of nitrogens with zero attached hydrogens (tertiary/aromatic N) is 4. The number of piperidine rings is 1. The topological polar surface area (TPSA) is 67.1 Å². The molecule has 0 saturated carbocycles. The summed E-state index contributed by atoms with van der Waals surface area (Å²) in [5.74, 6) is 1.34. The molecule has 0 radical (unpaired) electrons. The average Bonchev–Trinajstić information content (AvgIpc) is 3.09. The standard InChI is InChI=1S/C17H25N5O/c1-2-3-12-22(15-6-10-19-11-7-15)13-16-20-17(21-23-16)14-4-8-18-9-5-14/h4-5,8-9,15,19H,2-3,6-7,10-13H2,1H3. The molecule has 0 atom stereocenters. The molecule has 1 saturated heterocycles. The van der Waals surface area contributed by atoms with Gasteiger partial charge < -0.3 is 9.84 Å². The Morgan fingerprint density at radius 3 is 2.78 bits per heavy atom. The van der Waals surface area contributed by atoms with E-state index in [-0.39, 0.29) is 0 Å². The molecule has 3 heterocycles. The number of rotatable bonds is 7. The van der Waals surface area contributed by atoms with E-state index in [2.05, 4.69) is 32.3 Å². The maximum absolute atomic E-state index is 5.48. The Kier molecular flexibility index (Phi) is 5.71. The summed E-state index contributed by atoms with van der Waals surface area (Å²) in [4.78, 5) is 11.1. The van der Waals surface area contributed by atoms with Crippen molar-refractivity contribution in [1.29, 1.82) is 0 Å². The van der Waals surface area contributed by atoms with Crippen LogP contribution in [0.5, 0.6) is 0 Å². The second kappa shape index (κ2) is 8.17. The largest absolute Gasteiger partial charge is 0.338 e. The highest BCUT2D eigenvalue weighted by molar-refractivity contribution is 5.52. The van der Waals surface area contributed by atoms with Crippen LogP contribution in [0, 0.1) is 0 Å². The molecular weight excluding hydrogens is 290 g/mol. The summed E-state index contributed by atoms with van der Waals surface area (Å²) in [6.07, 6.45) is 8.27. The van der Waals surface area contributed by atoms with Gasteiger partial charge >= 0.3 is 0 Å². The Balaban J connectivity index is 1.68. The molecule has 0 spiro atoms. The fourth-order valence-electron chi connectivity index (χ4n) is 3.03. The van der Waals surface area contributed by atoms with Gasteiger partial charge in [-0.3, -0.25) is 9.88 Å². The van der Waals surface area contributed by atoms with Gasteiger partial charge in [0.05, 0.1) is 6.54 Å². The molecule has 1 aliphatic heterocycles. The van der Waals surface area contributed by atoms with Crippen molar-refractivity contribution in [3.63, 3.8) is 0 Å². The highest BCUT2D eigenvalue weighted by Crippen LogP contribution is 2.18. The van der Waals surface area contributed by atoms with E-state index in [9.17, 15) is 0 Å². The van der Waals surface area contributed by atoms with E-state index >= 15 is 0 Å². The van der Waals surface area contributed by atoms with E-state index in [1.165, 1.54) is 25.7 Å². The van der Waals surface area contributed by atoms with Crippen LogP contribution in [0.2, 0.25) is 0 Å². The van der Waals surface area contributed by atoms with Crippen LogP contribution in [0.25, 0.3) is 11.4 Å². The number of unbranched alkanes of at least 4 members (excludes halogenated alkanes) is 1. The number of nitrogens with one attached hydrogen (secondary N) is 1. The zero-order chi connectivity index (χ0) is 15.9. The summed E-state index contributed by atoms with van der Waals surface area (Å²) in [7, 11) is 0. The molecule has 0 bridgehead atoms. The van der Waals surface area contributed by atoms with Crippen LogP contribution in [0.15, 0.2) is 29.0 Å². The van der Waals surface area contributed by atoms with Gasteiger partial charge in [0.15, 0.2) is 0 Å². The second-order valence-corrected chi connectivity index (χ2v) is 6.05. The molecular formula is C17H25N5O. The van der Waals surface area contributed by atoms with Gasteiger partial charge in [0.1, 0.15) is 0 Å². The Morgan fingerprint density at radius 2 is 2.04 bits per heavy atom. The van der Waals surface area contributed by atoms with Crippen LogP contribution in [0.1, 0.15) is 38.5 Å². The van der Waals surface area contributed by atoms with Crippen molar-refractivity contribution in [2.45, 2.75) is 45.2 Å². The third kappa shape index (κ3) is 4.36. The number of pyridine rings is 1. The zero-order valence-corrected chi connectivity index (χ0v) is 13.7. The average molecular weight is 315 g/mol. The van der Waals surface area contributed by atoms with E-state index < -0.39 is 0 Å². The summed E-state index contributed by atoms with van der Waals surface area (Å²) in [6.45, 7) is 6.25. The predicted octanol–water partition coefficient (Wildman–Crippen LogP) is 2.49. The van der Waals surface area contributed by atoms with E-state index in [1.54, 1.807) is 12.4 Å². The fourth-order valence-corrected chi connectivity index (χ4v) is 3.03. The van der Waals surface area contributed by atoms with Crippen molar-refractivity contribution < 1.29 is 4.52 Å². The molecule has 0 aliphatic carbocycles. The van der Waals surface area contributed by atoms with Crippen molar-refractivity contribution in [2.75, 3.05) is 19.6 Å². The van der Waals surface area contributed by atoms with Gasteiger partial charge in [-0.2, -0.15) is 4.98 Å². The smallest absolute Gasteiger partial charge is 0.241 e. The summed E-state index contributed by atoms with van der Waals surface area (Å²) < 4.78 is 5.48. The highest BCUT2D eigenvalue weighted by Gasteiger charge is 2.22. The van der Waals surface area contributed by atoms with Gasteiger partial charge in [0, 0.05) is 24.0 Å². The quantitative estimate of drug-likeness (QED) is 0.847. The monoisotopic (exact) mass is 315 g/mol. The predicted molar refractivity (Wildman–Crippen MR) is 88.7 cm³/mol. The van der Waals surface area contributed by atoms with Gasteiger partial charge in [-0.15, -0.1) is 0 Å². The summed E-state index contributed by atoms with van der Waals surface area (Å²) in [5.41, 5.74) is 0.942. The van der Waals surface area contributed by atoms with Crippen LogP contribution in [0.3, 0.4) is 0 Å². The second-order valence-electron chi connectivity index (χ2n) is 6.05. The Morgan fingerprint density at radius 1 is 1.26 bits per heavy atom. The van der Waals surface area contributed by atoms with Gasteiger partial charge in [-0.1, -0.05) is 18.5 Å². The summed E-state index contributed by atoms with van der Waals surface area (Å²) in [6, 6.07) is 4.41. The molecule has 0 amide bonds. The van der Waals surface area contributed by atoms with Crippen LogP contribution in [-0.4, -0.2) is 45.7 Å². The van der Waals surface area contributed by atoms with Crippen molar-refractivity contribution in [2.24, 2.45) is 0 Å².